The molecule has 12 heteroatoms. The van der Waals surface area contributed by atoms with E-state index in [2.05, 4.69) is 53.9 Å². The van der Waals surface area contributed by atoms with Crippen LogP contribution in [-0.2, 0) is 28.8 Å². The average molecular weight is 757 g/mol. The molecule has 54 heavy (non-hydrogen) atoms. The van der Waals surface area contributed by atoms with Gasteiger partial charge in [0.05, 0.1) is 12.1 Å². The molecule has 2 heterocycles. The molecule has 6 atom stereocenters. The highest BCUT2D eigenvalue weighted by molar-refractivity contribution is 6.38. The Bertz CT molecular complexity index is 1460. The van der Waals surface area contributed by atoms with Crippen molar-refractivity contribution < 1.29 is 28.8 Å². The summed E-state index contributed by atoms with van der Waals surface area (Å²) in [5.74, 6) is -2.90. The molecule has 0 aromatic heterocycles. The van der Waals surface area contributed by atoms with Crippen molar-refractivity contribution in [3.05, 3.63) is 0 Å². The molecule has 2 aliphatic carbocycles. The number of piperidine rings is 1. The lowest BCUT2D eigenvalue weighted by molar-refractivity contribution is -0.146. The van der Waals surface area contributed by atoms with E-state index in [4.69, 9.17) is 0 Å². The molecule has 4 rings (SSSR count). The molecular weight excluding hydrogens is 684 g/mol. The minimum absolute atomic E-state index is 0.0222. The van der Waals surface area contributed by atoms with Gasteiger partial charge in [0.25, 0.3) is 5.91 Å². The Labute approximate surface area is 324 Å². The molecule has 306 valence electrons. The van der Waals surface area contributed by atoms with E-state index in [0.29, 0.717) is 19.4 Å². The number of nitrogens with zero attached hydrogens (tertiary/aromatic N) is 2. The zero-order valence-corrected chi connectivity index (χ0v) is 35.7. The summed E-state index contributed by atoms with van der Waals surface area (Å²) < 4.78 is 0. The third-order valence-corrected chi connectivity index (χ3v) is 13.6. The molecule has 5 amide bonds. The fourth-order valence-electron chi connectivity index (χ4n) is 10.2. The summed E-state index contributed by atoms with van der Waals surface area (Å²) in [6.45, 7) is 26.6. The number of hydrogen-bond donors (Lipinski definition) is 4. The fraction of sp³-hybridized carbons (Fsp3) is 0.857. The number of carbonyl (C=O) groups is 6. The van der Waals surface area contributed by atoms with Gasteiger partial charge in [0.1, 0.15) is 18.1 Å². The van der Waals surface area contributed by atoms with E-state index in [-0.39, 0.29) is 52.6 Å². The Morgan fingerprint density at radius 1 is 0.741 bits per heavy atom. The Hall–Kier alpha value is -3.02. The summed E-state index contributed by atoms with van der Waals surface area (Å²) in [7, 11) is 0. The second kappa shape index (κ2) is 15.8. The number of rotatable bonds is 13. The van der Waals surface area contributed by atoms with Crippen LogP contribution in [0.2, 0.25) is 0 Å². The van der Waals surface area contributed by atoms with E-state index < -0.39 is 58.5 Å². The number of fused-ring (bicyclic) bond motifs is 1. The minimum Gasteiger partial charge on any atom is -0.347 e. The van der Waals surface area contributed by atoms with Gasteiger partial charge in [-0.3, -0.25) is 33.7 Å². The molecule has 12 nitrogen and oxygen atoms in total. The predicted octanol–water partition coefficient (Wildman–Crippen LogP) is 4.49. The van der Waals surface area contributed by atoms with E-state index in [1.54, 1.807) is 18.7 Å². The minimum atomic E-state index is -1.02. The molecule has 0 aromatic carbocycles. The lowest BCUT2D eigenvalue weighted by atomic mass is 9.73. The normalized spacial score (nSPS) is 26.5. The first kappa shape index (κ1) is 43.7. The van der Waals surface area contributed by atoms with Crippen molar-refractivity contribution in [1.82, 2.24) is 31.1 Å². The number of likely N-dealkylation sites (tertiary alicyclic amines) is 2. The van der Waals surface area contributed by atoms with Crippen LogP contribution in [0.25, 0.3) is 0 Å². The first-order valence-corrected chi connectivity index (χ1v) is 20.7. The monoisotopic (exact) mass is 757 g/mol. The van der Waals surface area contributed by atoms with Crippen LogP contribution < -0.4 is 21.3 Å². The molecule has 1 unspecified atom stereocenters. The maximum absolute atomic E-state index is 15.0. The molecule has 2 saturated carbocycles. The highest BCUT2D eigenvalue weighted by Crippen LogP contribution is 2.88. The predicted molar refractivity (Wildman–Crippen MR) is 210 cm³/mol. The molecule has 2 aliphatic heterocycles. The van der Waals surface area contributed by atoms with Crippen LogP contribution in [0.5, 0.6) is 0 Å². The molecule has 0 radical (unpaired) electrons. The standard InChI is InChI=1S/C42H72N6O6/c1-14-18-27(30(49)35(52)43-25(2)3)44-34(51)29-23-42(40(12,13)41(42)20-17-21-41)24-48(29)37(54)32(39(9,10)11)46-36(53)31(38(6,7)8)45-33(50)28-19-15-16-22-47(28)26(4)5/h25-29,31-32H,14-24H2,1-13H3,(H,43,52)(H,44,51)(H,45,50)(H,46,53)/t27?,28-,29+,31-,32-,42-/m1/s1. The Kier molecular flexibility index (Phi) is 12.8. The van der Waals surface area contributed by atoms with Crippen molar-refractivity contribution in [2.75, 3.05) is 13.1 Å². The summed E-state index contributed by atoms with van der Waals surface area (Å²) in [5.41, 5.74) is -1.79. The Morgan fingerprint density at radius 3 is 1.81 bits per heavy atom. The topological polar surface area (TPSA) is 157 Å². The summed E-state index contributed by atoms with van der Waals surface area (Å²) in [6, 6.07) is -4.23. The fourth-order valence-corrected chi connectivity index (χ4v) is 10.2. The van der Waals surface area contributed by atoms with E-state index in [9.17, 15) is 24.0 Å². The smallest absolute Gasteiger partial charge is 0.289 e. The van der Waals surface area contributed by atoms with Crippen molar-refractivity contribution in [2.45, 2.75) is 190 Å². The number of nitrogens with one attached hydrogen (secondary N) is 4. The Morgan fingerprint density at radius 2 is 1.33 bits per heavy atom. The van der Waals surface area contributed by atoms with Gasteiger partial charge in [0.15, 0.2) is 0 Å². The highest BCUT2D eigenvalue weighted by Gasteiger charge is 2.85. The third kappa shape index (κ3) is 8.10. The highest BCUT2D eigenvalue weighted by atomic mass is 16.2. The number of amides is 5. The van der Waals surface area contributed by atoms with Crippen LogP contribution in [-0.4, -0.2) is 101 Å². The molecular formula is C42H72N6O6. The van der Waals surface area contributed by atoms with Gasteiger partial charge < -0.3 is 26.2 Å². The van der Waals surface area contributed by atoms with Crippen LogP contribution in [0.4, 0.5) is 0 Å². The molecule has 4 aliphatic rings. The lowest BCUT2D eigenvalue weighted by Crippen LogP contribution is -2.64. The van der Waals surface area contributed by atoms with Gasteiger partial charge in [-0.1, -0.05) is 81.6 Å². The zero-order chi connectivity index (χ0) is 40.8. The van der Waals surface area contributed by atoms with E-state index >= 15 is 4.79 Å². The molecule has 0 bridgehead atoms. The average Bonchev–Trinajstić information content (AvgIpc) is 3.26. The van der Waals surface area contributed by atoms with Crippen LogP contribution in [0.1, 0.15) is 148 Å². The van der Waals surface area contributed by atoms with Crippen molar-refractivity contribution >= 4 is 35.3 Å². The number of hydrogen-bond acceptors (Lipinski definition) is 7. The van der Waals surface area contributed by atoms with Crippen LogP contribution in [0.3, 0.4) is 0 Å². The van der Waals surface area contributed by atoms with E-state index in [1.165, 1.54) is 0 Å². The Balaban J connectivity index is 1.64. The second-order valence-electron chi connectivity index (χ2n) is 20.1. The first-order chi connectivity index (χ1) is 24.9. The molecule has 0 aromatic rings. The number of carbonyl (C=O) groups excluding carboxylic acids is 6. The molecule has 2 saturated heterocycles. The van der Waals surface area contributed by atoms with Crippen molar-refractivity contribution in [1.29, 1.82) is 0 Å². The van der Waals surface area contributed by atoms with Gasteiger partial charge in [0, 0.05) is 24.0 Å². The largest absolute Gasteiger partial charge is 0.347 e. The van der Waals surface area contributed by atoms with E-state index in [1.807, 2.05) is 48.5 Å². The zero-order valence-electron chi connectivity index (χ0n) is 35.7. The number of ketones is 1. The summed E-state index contributed by atoms with van der Waals surface area (Å²) in [6.07, 6.45) is 7.15. The summed E-state index contributed by atoms with van der Waals surface area (Å²) >= 11 is 0. The van der Waals surface area contributed by atoms with Gasteiger partial charge in [0.2, 0.25) is 29.4 Å². The van der Waals surface area contributed by atoms with Crippen LogP contribution in [0, 0.1) is 27.1 Å². The van der Waals surface area contributed by atoms with Gasteiger partial charge in [-0.2, -0.15) is 0 Å². The maximum atomic E-state index is 15.0. The van der Waals surface area contributed by atoms with Gasteiger partial charge in [-0.25, -0.2) is 0 Å². The molecule has 4 fully saturated rings. The van der Waals surface area contributed by atoms with Crippen molar-refractivity contribution in [3.8, 4) is 0 Å². The quantitative estimate of drug-likeness (QED) is 0.202. The van der Waals surface area contributed by atoms with E-state index in [0.717, 1.165) is 45.1 Å². The van der Waals surface area contributed by atoms with Crippen molar-refractivity contribution in [3.63, 3.8) is 0 Å². The van der Waals surface area contributed by atoms with Gasteiger partial charge in [-0.15, -0.1) is 0 Å². The lowest BCUT2D eigenvalue weighted by Gasteiger charge is -2.40. The number of Topliss-reactive ketones (excluding diaryl/α,β-unsaturated/α-hetero) is 1. The third-order valence-electron chi connectivity index (χ3n) is 13.6. The maximum Gasteiger partial charge on any atom is 0.289 e. The SMILES string of the molecule is CCCC(NC(=O)[C@@H]1C[C@@]2(CN1C(=O)[C@@H](NC(=O)[C@@H](NC(=O)[C@H]1CCCCN1C(C)C)C(C)(C)C)C(C)(C)C)C(C)(C)C21CCC1)C(=O)C(=O)NC(C)C. The van der Waals surface area contributed by atoms with Crippen molar-refractivity contribution in [2.24, 2.45) is 27.1 Å². The summed E-state index contributed by atoms with van der Waals surface area (Å²) in [4.78, 5) is 87.5. The van der Waals surface area contributed by atoms with Crippen LogP contribution in [0.15, 0.2) is 0 Å². The van der Waals surface area contributed by atoms with Gasteiger partial charge in [-0.05, 0) is 94.4 Å². The first-order valence-electron chi connectivity index (χ1n) is 20.7. The summed E-state index contributed by atoms with van der Waals surface area (Å²) in [5, 5.41) is 11.7. The second-order valence-corrected chi connectivity index (χ2v) is 20.1. The van der Waals surface area contributed by atoms with Crippen LogP contribution >= 0.6 is 0 Å². The molecule has 2 spiro atoms. The van der Waals surface area contributed by atoms with Gasteiger partial charge >= 0.3 is 0 Å². The molecule has 4 N–H and O–H groups in total.